The summed E-state index contributed by atoms with van der Waals surface area (Å²) in [4.78, 5) is 37.9. The summed E-state index contributed by atoms with van der Waals surface area (Å²) in [5.41, 5.74) is 1.75. The Hall–Kier alpha value is -3.15. The molecule has 1 heterocycles. The quantitative estimate of drug-likeness (QED) is 0.600. The van der Waals surface area contributed by atoms with Crippen LogP contribution in [0.3, 0.4) is 0 Å². The third-order valence-corrected chi connectivity index (χ3v) is 4.35. The Balaban J connectivity index is 1.78. The first-order valence-corrected chi connectivity index (χ1v) is 8.97. The summed E-state index contributed by atoms with van der Waals surface area (Å²) in [6.45, 7) is 4.00. The van der Waals surface area contributed by atoms with E-state index in [2.05, 4.69) is 5.32 Å². The smallest absolute Gasteiger partial charge is 0.256 e. The lowest BCUT2D eigenvalue weighted by molar-refractivity contribution is -0.121. The Kier molecular flexibility index (Phi) is 5.54. The van der Waals surface area contributed by atoms with Gasteiger partial charge in [-0.05, 0) is 49.7 Å². The van der Waals surface area contributed by atoms with Gasteiger partial charge in [-0.15, -0.1) is 0 Å². The van der Waals surface area contributed by atoms with Crippen LogP contribution in [0.5, 0.6) is 5.75 Å². The molecule has 1 saturated heterocycles. The lowest BCUT2D eigenvalue weighted by atomic mass is 10.1. The highest BCUT2D eigenvalue weighted by atomic mass is 16.5. The summed E-state index contributed by atoms with van der Waals surface area (Å²) < 4.78 is 5.69. The van der Waals surface area contributed by atoms with Crippen LogP contribution < -0.4 is 15.0 Å². The third-order valence-electron chi connectivity index (χ3n) is 4.35. The van der Waals surface area contributed by atoms with Gasteiger partial charge in [0.1, 0.15) is 11.8 Å². The molecule has 1 aliphatic rings. The van der Waals surface area contributed by atoms with Gasteiger partial charge in [0, 0.05) is 11.3 Å². The fourth-order valence-corrected chi connectivity index (χ4v) is 2.98. The standard InChI is InChI=1S/C21H22N2O4/c1-3-12-27-19-7-5-4-6-18(19)23-20(25)13-17(21(23)26)22-16-10-8-15(9-11-16)14(2)24/h4-11,17,22H,3,12-13H2,1-2H3/t17-/m0/s1. The number of benzene rings is 2. The summed E-state index contributed by atoms with van der Waals surface area (Å²) in [7, 11) is 0. The van der Waals surface area contributed by atoms with Crippen LogP contribution in [0.1, 0.15) is 37.0 Å². The van der Waals surface area contributed by atoms with Gasteiger partial charge >= 0.3 is 0 Å². The molecule has 0 aromatic heterocycles. The van der Waals surface area contributed by atoms with E-state index in [1.54, 1.807) is 42.5 Å². The average Bonchev–Trinajstić information content (AvgIpc) is 2.94. The molecule has 3 rings (SSSR count). The SMILES string of the molecule is CCCOc1ccccc1N1C(=O)C[C@H](Nc2ccc(C(C)=O)cc2)C1=O. The molecule has 0 bridgehead atoms. The number of hydrogen-bond acceptors (Lipinski definition) is 5. The molecule has 0 aliphatic carbocycles. The van der Waals surface area contributed by atoms with Crippen molar-refractivity contribution in [2.24, 2.45) is 0 Å². The molecule has 27 heavy (non-hydrogen) atoms. The van der Waals surface area contributed by atoms with Gasteiger partial charge in [-0.25, -0.2) is 4.90 Å². The van der Waals surface area contributed by atoms with E-state index >= 15 is 0 Å². The van der Waals surface area contributed by atoms with Crippen LogP contribution in [-0.4, -0.2) is 30.2 Å². The number of Topliss-reactive ketones (excluding diaryl/α,β-unsaturated/α-hetero) is 1. The normalized spacial score (nSPS) is 16.5. The summed E-state index contributed by atoms with van der Waals surface area (Å²) >= 11 is 0. The number of amides is 2. The predicted octanol–water partition coefficient (Wildman–Crippen LogP) is 3.42. The maximum absolute atomic E-state index is 12.9. The Morgan fingerprint density at radius 3 is 2.52 bits per heavy atom. The number of carbonyl (C=O) groups is 3. The Labute approximate surface area is 158 Å². The highest BCUT2D eigenvalue weighted by molar-refractivity contribution is 6.23. The first-order chi connectivity index (χ1) is 13.0. The maximum atomic E-state index is 12.9. The van der Waals surface area contributed by atoms with E-state index in [9.17, 15) is 14.4 Å². The molecular formula is C21H22N2O4. The van der Waals surface area contributed by atoms with Crippen molar-refractivity contribution in [3.8, 4) is 5.75 Å². The van der Waals surface area contributed by atoms with E-state index in [-0.39, 0.29) is 24.0 Å². The molecule has 2 amide bonds. The van der Waals surface area contributed by atoms with Crippen molar-refractivity contribution in [1.82, 2.24) is 0 Å². The molecule has 2 aromatic rings. The molecular weight excluding hydrogens is 344 g/mol. The van der Waals surface area contributed by atoms with Crippen LogP contribution in [0.15, 0.2) is 48.5 Å². The van der Waals surface area contributed by atoms with Gasteiger partial charge in [0.15, 0.2) is 5.78 Å². The fraction of sp³-hybridized carbons (Fsp3) is 0.286. The minimum absolute atomic E-state index is 0.0245. The second-order valence-electron chi connectivity index (χ2n) is 6.42. The van der Waals surface area contributed by atoms with Crippen LogP contribution in [0.2, 0.25) is 0 Å². The molecule has 0 saturated carbocycles. The summed E-state index contributed by atoms with van der Waals surface area (Å²) in [5, 5.41) is 3.09. The van der Waals surface area contributed by atoms with Gasteiger partial charge in [0.25, 0.3) is 5.91 Å². The van der Waals surface area contributed by atoms with Gasteiger partial charge < -0.3 is 10.1 Å². The van der Waals surface area contributed by atoms with Crippen LogP contribution >= 0.6 is 0 Å². The predicted molar refractivity (Wildman–Crippen MR) is 103 cm³/mol. The van der Waals surface area contributed by atoms with E-state index in [0.717, 1.165) is 6.42 Å². The number of rotatable bonds is 7. The van der Waals surface area contributed by atoms with Gasteiger partial charge in [-0.1, -0.05) is 19.1 Å². The van der Waals surface area contributed by atoms with Crippen molar-refractivity contribution >= 4 is 29.0 Å². The van der Waals surface area contributed by atoms with Crippen molar-refractivity contribution in [3.63, 3.8) is 0 Å². The molecule has 1 atom stereocenters. The molecule has 1 aliphatic heterocycles. The van der Waals surface area contributed by atoms with E-state index in [1.807, 2.05) is 13.0 Å². The highest BCUT2D eigenvalue weighted by Gasteiger charge is 2.40. The average molecular weight is 366 g/mol. The number of ether oxygens (including phenoxy) is 1. The zero-order valence-electron chi connectivity index (χ0n) is 15.4. The second-order valence-corrected chi connectivity index (χ2v) is 6.42. The Bertz CT molecular complexity index is 861. The topological polar surface area (TPSA) is 75.7 Å². The van der Waals surface area contributed by atoms with E-state index in [4.69, 9.17) is 4.74 Å². The number of imide groups is 1. The van der Waals surface area contributed by atoms with Gasteiger partial charge in [0.2, 0.25) is 5.91 Å². The van der Waals surface area contributed by atoms with Crippen LogP contribution in [-0.2, 0) is 9.59 Å². The van der Waals surface area contributed by atoms with Crippen molar-refractivity contribution < 1.29 is 19.1 Å². The molecule has 0 spiro atoms. The molecule has 1 N–H and O–H groups in total. The van der Waals surface area contributed by atoms with Crippen LogP contribution in [0.25, 0.3) is 0 Å². The number of anilines is 2. The summed E-state index contributed by atoms with van der Waals surface area (Å²) in [6, 6.07) is 13.2. The number of para-hydroxylation sites is 2. The number of carbonyl (C=O) groups excluding carboxylic acids is 3. The molecule has 0 unspecified atom stereocenters. The largest absolute Gasteiger partial charge is 0.491 e. The van der Waals surface area contributed by atoms with E-state index in [0.29, 0.717) is 29.3 Å². The van der Waals surface area contributed by atoms with Crippen molar-refractivity contribution in [3.05, 3.63) is 54.1 Å². The minimum atomic E-state index is -0.653. The maximum Gasteiger partial charge on any atom is 0.256 e. The molecule has 0 radical (unpaired) electrons. The Morgan fingerprint density at radius 1 is 1.15 bits per heavy atom. The molecule has 2 aromatic carbocycles. The van der Waals surface area contributed by atoms with E-state index < -0.39 is 6.04 Å². The molecule has 140 valence electrons. The number of hydrogen-bond donors (Lipinski definition) is 1. The monoisotopic (exact) mass is 366 g/mol. The lowest BCUT2D eigenvalue weighted by Gasteiger charge is -2.19. The van der Waals surface area contributed by atoms with Crippen LogP contribution in [0.4, 0.5) is 11.4 Å². The van der Waals surface area contributed by atoms with E-state index in [1.165, 1.54) is 11.8 Å². The van der Waals surface area contributed by atoms with Crippen LogP contribution in [0, 0.1) is 0 Å². The Morgan fingerprint density at radius 2 is 1.85 bits per heavy atom. The highest BCUT2D eigenvalue weighted by Crippen LogP contribution is 2.33. The molecule has 6 nitrogen and oxygen atoms in total. The fourth-order valence-electron chi connectivity index (χ4n) is 2.98. The summed E-state index contributed by atoms with van der Waals surface area (Å²) in [6.07, 6.45) is 0.895. The minimum Gasteiger partial charge on any atom is -0.491 e. The first kappa shape index (κ1) is 18.6. The molecule has 1 fully saturated rings. The number of ketones is 1. The van der Waals surface area contributed by atoms with Gasteiger partial charge in [-0.3, -0.25) is 14.4 Å². The van der Waals surface area contributed by atoms with Gasteiger partial charge in [0.05, 0.1) is 18.7 Å². The third kappa shape index (κ3) is 4.00. The van der Waals surface area contributed by atoms with Gasteiger partial charge in [-0.2, -0.15) is 0 Å². The van der Waals surface area contributed by atoms with Crippen molar-refractivity contribution in [2.75, 3.05) is 16.8 Å². The molecule has 6 heteroatoms. The summed E-state index contributed by atoms with van der Waals surface area (Å²) in [5.74, 6) is -0.0929. The first-order valence-electron chi connectivity index (χ1n) is 8.97. The van der Waals surface area contributed by atoms with Crippen molar-refractivity contribution in [2.45, 2.75) is 32.7 Å². The number of nitrogens with one attached hydrogen (secondary N) is 1. The zero-order chi connectivity index (χ0) is 19.4. The van der Waals surface area contributed by atoms with Crippen molar-refractivity contribution in [1.29, 1.82) is 0 Å². The zero-order valence-corrected chi connectivity index (χ0v) is 15.4. The number of nitrogens with zero attached hydrogens (tertiary/aromatic N) is 1. The second kappa shape index (κ2) is 8.03. The lowest BCUT2D eigenvalue weighted by Crippen LogP contribution is -2.35.